The first-order valence-corrected chi connectivity index (χ1v) is 8.14. The molecular formula is C12H12ClNO3S2. The van der Waals surface area contributed by atoms with Gasteiger partial charge in [0.2, 0.25) is 0 Å². The first kappa shape index (κ1) is 14.3. The van der Waals surface area contributed by atoms with E-state index in [9.17, 15) is 8.42 Å². The zero-order valence-corrected chi connectivity index (χ0v) is 12.4. The van der Waals surface area contributed by atoms with Gasteiger partial charge in [0.25, 0.3) is 10.0 Å². The zero-order valence-electron chi connectivity index (χ0n) is 10.1. The Balaban J connectivity index is 2.33. The molecule has 2 N–H and O–H groups in total. The summed E-state index contributed by atoms with van der Waals surface area (Å²) in [6, 6.07) is 6.48. The number of benzene rings is 1. The molecule has 0 saturated carbocycles. The molecule has 19 heavy (non-hydrogen) atoms. The molecule has 0 unspecified atom stereocenters. The smallest absolute Gasteiger partial charge is 0.271 e. The largest absolute Gasteiger partial charge is 0.392 e. The molecular weight excluding hydrogens is 306 g/mol. The summed E-state index contributed by atoms with van der Waals surface area (Å²) in [6.45, 7) is 1.57. The molecule has 0 spiro atoms. The summed E-state index contributed by atoms with van der Waals surface area (Å²) in [5.74, 6) is 0. The van der Waals surface area contributed by atoms with Crippen molar-refractivity contribution in [1.82, 2.24) is 0 Å². The minimum atomic E-state index is -3.64. The molecule has 2 rings (SSSR count). The summed E-state index contributed by atoms with van der Waals surface area (Å²) in [6.07, 6.45) is 0. The van der Waals surface area contributed by atoms with Gasteiger partial charge in [-0.1, -0.05) is 17.7 Å². The molecule has 0 fully saturated rings. The van der Waals surface area contributed by atoms with E-state index in [1.807, 2.05) is 0 Å². The lowest BCUT2D eigenvalue weighted by molar-refractivity contribution is 0.282. The van der Waals surface area contributed by atoms with Gasteiger partial charge < -0.3 is 5.11 Å². The molecule has 0 saturated heterocycles. The Morgan fingerprint density at radius 3 is 2.79 bits per heavy atom. The van der Waals surface area contributed by atoms with Crippen LogP contribution in [0, 0.1) is 6.92 Å². The molecule has 0 aliphatic rings. The molecule has 102 valence electrons. The summed E-state index contributed by atoms with van der Waals surface area (Å²) < 4.78 is 27.0. The normalized spacial score (nSPS) is 11.5. The maximum absolute atomic E-state index is 12.2. The lowest BCUT2D eigenvalue weighted by Gasteiger charge is -2.10. The molecule has 0 aliphatic heterocycles. The number of rotatable bonds is 4. The predicted molar refractivity (Wildman–Crippen MR) is 77.2 cm³/mol. The van der Waals surface area contributed by atoms with E-state index in [-0.39, 0.29) is 10.8 Å². The van der Waals surface area contributed by atoms with Crippen LogP contribution in [0.4, 0.5) is 5.69 Å². The van der Waals surface area contributed by atoms with E-state index in [0.717, 1.165) is 11.3 Å². The number of anilines is 1. The Labute approximate surface area is 120 Å². The third-order valence-electron chi connectivity index (χ3n) is 2.59. The summed E-state index contributed by atoms with van der Waals surface area (Å²) in [5, 5.41) is 11.1. The first-order chi connectivity index (χ1) is 8.94. The Morgan fingerprint density at radius 1 is 1.42 bits per heavy atom. The average molecular weight is 318 g/mol. The van der Waals surface area contributed by atoms with Crippen molar-refractivity contribution in [2.45, 2.75) is 17.7 Å². The van der Waals surface area contributed by atoms with Gasteiger partial charge in [0, 0.05) is 5.02 Å². The van der Waals surface area contributed by atoms with Gasteiger partial charge in [0.1, 0.15) is 4.21 Å². The summed E-state index contributed by atoms with van der Waals surface area (Å²) in [7, 11) is -3.64. The summed E-state index contributed by atoms with van der Waals surface area (Å²) >= 11 is 7.02. The van der Waals surface area contributed by atoms with Crippen LogP contribution >= 0.6 is 22.9 Å². The Bertz CT molecular complexity index is 695. The lowest BCUT2D eigenvalue weighted by atomic mass is 10.2. The maximum atomic E-state index is 12.2. The highest BCUT2D eigenvalue weighted by Gasteiger charge is 2.18. The third kappa shape index (κ3) is 3.09. The van der Waals surface area contributed by atoms with Crippen molar-refractivity contribution in [3.05, 3.63) is 45.8 Å². The highest BCUT2D eigenvalue weighted by atomic mass is 35.5. The van der Waals surface area contributed by atoms with Crippen molar-refractivity contribution in [1.29, 1.82) is 0 Å². The van der Waals surface area contributed by atoms with Gasteiger partial charge in [0.15, 0.2) is 0 Å². The van der Waals surface area contributed by atoms with E-state index < -0.39 is 10.0 Å². The number of hydrogen-bond donors (Lipinski definition) is 2. The molecule has 1 aromatic heterocycles. The molecule has 7 heteroatoms. The molecule has 2 aromatic rings. The van der Waals surface area contributed by atoms with Crippen molar-refractivity contribution in [2.24, 2.45) is 0 Å². The molecule has 1 heterocycles. The number of sulfonamides is 1. The number of halogens is 1. The molecule has 4 nitrogen and oxygen atoms in total. The number of aliphatic hydroxyl groups excluding tert-OH is 1. The van der Waals surface area contributed by atoms with Crippen molar-refractivity contribution in [2.75, 3.05) is 4.72 Å². The van der Waals surface area contributed by atoms with E-state index in [2.05, 4.69) is 4.72 Å². The third-order valence-corrected chi connectivity index (χ3v) is 5.85. The Hall–Kier alpha value is -1.08. The van der Waals surface area contributed by atoms with Crippen LogP contribution in [0.5, 0.6) is 0 Å². The van der Waals surface area contributed by atoms with Crippen molar-refractivity contribution in [3.8, 4) is 0 Å². The summed E-state index contributed by atoms with van der Waals surface area (Å²) in [4.78, 5) is 0. The first-order valence-electron chi connectivity index (χ1n) is 5.40. The van der Waals surface area contributed by atoms with E-state index >= 15 is 0 Å². The highest BCUT2D eigenvalue weighted by Crippen LogP contribution is 2.27. The molecule has 0 radical (unpaired) electrons. The second kappa shape index (κ2) is 5.50. The van der Waals surface area contributed by atoms with Crippen molar-refractivity contribution >= 4 is 38.6 Å². The fourth-order valence-corrected chi connectivity index (χ4v) is 3.99. The van der Waals surface area contributed by atoms with Crippen LogP contribution in [-0.4, -0.2) is 13.5 Å². The van der Waals surface area contributed by atoms with E-state index in [4.69, 9.17) is 16.7 Å². The van der Waals surface area contributed by atoms with Crippen LogP contribution in [0.2, 0.25) is 5.02 Å². The van der Waals surface area contributed by atoms with Gasteiger partial charge in [0.05, 0.1) is 12.3 Å². The number of thiophene rings is 1. The van der Waals surface area contributed by atoms with Crippen molar-refractivity contribution < 1.29 is 13.5 Å². The van der Waals surface area contributed by atoms with E-state index in [1.54, 1.807) is 30.5 Å². The molecule has 0 atom stereocenters. The van der Waals surface area contributed by atoms with E-state index in [1.165, 1.54) is 6.07 Å². The number of aliphatic hydroxyl groups is 1. The quantitative estimate of drug-likeness (QED) is 0.911. The Morgan fingerprint density at radius 2 is 2.16 bits per heavy atom. The van der Waals surface area contributed by atoms with Crippen LogP contribution in [0.3, 0.4) is 0 Å². The fourth-order valence-electron chi connectivity index (χ4n) is 1.49. The van der Waals surface area contributed by atoms with Crippen LogP contribution in [0.15, 0.2) is 33.9 Å². The van der Waals surface area contributed by atoms with Crippen LogP contribution < -0.4 is 4.72 Å². The van der Waals surface area contributed by atoms with Gasteiger partial charge in [-0.05, 0) is 41.6 Å². The second-order valence-corrected chi connectivity index (χ2v) is 7.18. The highest BCUT2D eigenvalue weighted by molar-refractivity contribution is 7.94. The zero-order chi connectivity index (χ0) is 14.0. The fraction of sp³-hybridized carbons (Fsp3) is 0.167. The monoisotopic (exact) mass is 317 g/mol. The molecule has 0 bridgehead atoms. The maximum Gasteiger partial charge on any atom is 0.271 e. The SMILES string of the molecule is Cc1c(Cl)cccc1NS(=O)(=O)c1cc(CO)cs1. The van der Waals surface area contributed by atoms with Crippen LogP contribution in [0.1, 0.15) is 11.1 Å². The molecule has 1 aromatic carbocycles. The second-order valence-electron chi connectivity index (χ2n) is 3.95. The Kier molecular flexibility index (Phi) is 4.15. The minimum Gasteiger partial charge on any atom is -0.392 e. The summed E-state index contributed by atoms with van der Waals surface area (Å²) in [5.41, 5.74) is 1.70. The molecule has 0 aliphatic carbocycles. The van der Waals surface area contributed by atoms with Gasteiger partial charge in [-0.3, -0.25) is 4.72 Å². The number of nitrogens with one attached hydrogen (secondary N) is 1. The van der Waals surface area contributed by atoms with Crippen LogP contribution in [-0.2, 0) is 16.6 Å². The average Bonchev–Trinajstić information content (AvgIpc) is 2.84. The van der Waals surface area contributed by atoms with E-state index in [0.29, 0.717) is 21.8 Å². The van der Waals surface area contributed by atoms with Gasteiger partial charge in [-0.25, -0.2) is 8.42 Å². The van der Waals surface area contributed by atoms with Gasteiger partial charge in [-0.2, -0.15) is 0 Å². The van der Waals surface area contributed by atoms with Crippen LogP contribution in [0.25, 0.3) is 0 Å². The standard InChI is InChI=1S/C12H12ClNO3S2/c1-8-10(13)3-2-4-11(8)14-19(16,17)12-5-9(6-15)7-18-12/h2-5,7,14-15H,6H2,1H3. The lowest BCUT2D eigenvalue weighted by Crippen LogP contribution is -2.12. The van der Waals surface area contributed by atoms with Crippen molar-refractivity contribution in [3.63, 3.8) is 0 Å². The van der Waals surface area contributed by atoms with Gasteiger partial charge >= 0.3 is 0 Å². The predicted octanol–water partition coefficient (Wildman–Crippen LogP) is 3.00. The minimum absolute atomic E-state index is 0.163. The number of hydrogen-bond acceptors (Lipinski definition) is 4. The topological polar surface area (TPSA) is 66.4 Å². The van der Waals surface area contributed by atoms with Gasteiger partial charge in [-0.15, -0.1) is 11.3 Å². The molecule has 0 amide bonds.